The zero-order chi connectivity index (χ0) is 16.8. The minimum absolute atomic E-state index is 0.301. The van der Waals surface area contributed by atoms with Crippen LogP contribution in [0.25, 0.3) is 0 Å². The monoisotopic (exact) mass is 352 g/mol. The van der Waals surface area contributed by atoms with Gasteiger partial charge in [-0.2, -0.15) is 0 Å². The first kappa shape index (κ1) is 17.4. The third-order valence-electron chi connectivity index (χ3n) is 3.05. The van der Waals surface area contributed by atoms with Gasteiger partial charge in [-0.05, 0) is 38.0 Å². The Kier molecular flexibility index (Phi) is 6.12. The molecule has 1 heterocycles. The highest BCUT2D eigenvalue weighted by Gasteiger charge is 2.16. The van der Waals surface area contributed by atoms with Crippen LogP contribution in [-0.2, 0) is 16.0 Å². The first-order chi connectivity index (χ1) is 11.0. The summed E-state index contributed by atoms with van der Waals surface area (Å²) in [4.78, 5) is 28.2. The minimum atomic E-state index is -0.516. The number of carbonyl (C=O) groups excluding carboxylic acids is 2. The highest BCUT2D eigenvalue weighted by atomic mass is 35.5. The molecular weight excluding hydrogens is 336 g/mol. The molecule has 0 aliphatic rings. The molecule has 0 saturated heterocycles. The Bertz CT molecular complexity index is 715. The summed E-state index contributed by atoms with van der Waals surface area (Å²) in [6.07, 6.45) is 0.660. The zero-order valence-corrected chi connectivity index (χ0v) is 14.5. The van der Waals surface area contributed by atoms with Gasteiger partial charge in [-0.1, -0.05) is 23.7 Å². The van der Waals surface area contributed by atoms with E-state index in [1.165, 1.54) is 11.3 Å². The SMILES string of the molecule is Cc1nc(C)c(C(=O)OCC(=O)NCCc2cccc(Cl)c2)s1. The molecule has 1 amide bonds. The van der Waals surface area contributed by atoms with Crippen LogP contribution in [0.4, 0.5) is 0 Å². The van der Waals surface area contributed by atoms with Crippen LogP contribution in [0.1, 0.15) is 25.9 Å². The molecule has 0 fully saturated rings. The lowest BCUT2D eigenvalue weighted by molar-refractivity contribution is -0.124. The van der Waals surface area contributed by atoms with Crippen LogP contribution in [0.5, 0.6) is 0 Å². The van der Waals surface area contributed by atoms with Crippen molar-refractivity contribution in [3.8, 4) is 0 Å². The number of esters is 1. The van der Waals surface area contributed by atoms with Crippen molar-refractivity contribution in [2.45, 2.75) is 20.3 Å². The molecule has 0 saturated carbocycles. The molecule has 0 aliphatic heterocycles. The molecule has 5 nitrogen and oxygen atoms in total. The third kappa shape index (κ3) is 5.33. The Morgan fingerprint density at radius 3 is 2.78 bits per heavy atom. The van der Waals surface area contributed by atoms with Gasteiger partial charge < -0.3 is 10.1 Å². The van der Waals surface area contributed by atoms with Crippen molar-refractivity contribution >= 4 is 34.8 Å². The number of nitrogens with one attached hydrogen (secondary N) is 1. The fourth-order valence-electron chi connectivity index (χ4n) is 2.01. The Morgan fingerprint density at radius 1 is 1.35 bits per heavy atom. The van der Waals surface area contributed by atoms with Gasteiger partial charge in [0.05, 0.1) is 10.7 Å². The Morgan fingerprint density at radius 2 is 2.13 bits per heavy atom. The highest BCUT2D eigenvalue weighted by Crippen LogP contribution is 2.17. The van der Waals surface area contributed by atoms with E-state index in [0.717, 1.165) is 10.6 Å². The zero-order valence-electron chi connectivity index (χ0n) is 12.9. The van der Waals surface area contributed by atoms with Gasteiger partial charge in [0, 0.05) is 11.6 Å². The van der Waals surface area contributed by atoms with Crippen LogP contribution in [-0.4, -0.2) is 30.0 Å². The summed E-state index contributed by atoms with van der Waals surface area (Å²) in [6.45, 7) is 3.71. The fraction of sp³-hybridized carbons (Fsp3) is 0.312. The van der Waals surface area contributed by atoms with Gasteiger partial charge in [0.15, 0.2) is 6.61 Å². The number of carbonyl (C=O) groups is 2. The molecule has 0 atom stereocenters. The van der Waals surface area contributed by atoms with E-state index in [2.05, 4.69) is 10.3 Å². The van der Waals surface area contributed by atoms with Crippen molar-refractivity contribution < 1.29 is 14.3 Å². The Labute approximate surface area is 143 Å². The summed E-state index contributed by atoms with van der Waals surface area (Å²) >= 11 is 7.16. The van der Waals surface area contributed by atoms with Crippen LogP contribution in [0.3, 0.4) is 0 Å². The maximum atomic E-state index is 11.9. The largest absolute Gasteiger partial charge is 0.451 e. The van der Waals surface area contributed by atoms with Gasteiger partial charge in [0.25, 0.3) is 5.91 Å². The second-order valence-corrected chi connectivity index (χ2v) is 6.59. The lowest BCUT2D eigenvalue weighted by Crippen LogP contribution is -2.30. The van der Waals surface area contributed by atoms with E-state index in [1.54, 1.807) is 13.0 Å². The lowest BCUT2D eigenvalue weighted by atomic mass is 10.1. The quantitative estimate of drug-likeness (QED) is 0.811. The topological polar surface area (TPSA) is 68.3 Å². The minimum Gasteiger partial charge on any atom is -0.451 e. The highest BCUT2D eigenvalue weighted by molar-refractivity contribution is 7.13. The van der Waals surface area contributed by atoms with Crippen molar-refractivity contribution in [2.24, 2.45) is 0 Å². The summed E-state index contributed by atoms with van der Waals surface area (Å²) < 4.78 is 5.00. The first-order valence-electron chi connectivity index (χ1n) is 7.08. The average molecular weight is 353 g/mol. The predicted molar refractivity (Wildman–Crippen MR) is 90.0 cm³/mol. The molecule has 0 bridgehead atoms. The van der Waals surface area contributed by atoms with Crippen LogP contribution < -0.4 is 5.32 Å². The van der Waals surface area contributed by atoms with Gasteiger partial charge in [0.1, 0.15) is 4.88 Å². The number of aryl methyl sites for hydroxylation is 2. The summed E-state index contributed by atoms with van der Waals surface area (Å²) in [5, 5.41) is 4.16. The molecule has 23 heavy (non-hydrogen) atoms. The molecule has 1 aromatic heterocycles. The second kappa shape index (κ2) is 8.08. The number of rotatable bonds is 6. The van der Waals surface area contributed by atoms with Crippen molar-refractivity contribution in [3.63, 3.8) is 0 Å². The number of ether oxygens (including phenoxy) is 1. The number of halogens is 1. The van der Waals surface area contributed by atoms with Crippen LogP contribution >= 0.6 is 22.9 Å². The molecule has 1 N–H and O–H groups in total. The van der Waals surface area contributed by atoms with Crippen LogP contribution in [0, 0.1) is 13.8 Å². The van der Waals surface area contributed by atoms with Gasteiger partial charge in [0.2, 0.25) is 0 Å². The van der Waals surface area contributed by atoms with Gasteiger partial charge >= 0.3 is 5.97 Å². The summed E-state index contributed by atoms with van der Waals surface area (Å²) in [5.41, 5.74) is 1.66. The maximum Gasteiger partial charge on any atom is 0.350 e. The van der Waals surface area contributed by atoms with E-state index in [9.17, 15) is 9.59 Å². The molecule has 1 aromatic carbocycles. The van der Waals surface area contributed by atoms with Gasteiger partial charge in [-0.15, -0.1) is 11.3 Å². The van der Waals surface area contributed by atoms with E-state index in [4.69, 9.17) is 16.3 Å². The second-order valence-electron chi connectivity index (χ2n) is 4.95. The number of benzene rings is 1. The Hall–Kier alpha value is -1.92. The molecule has 0 spiro atoms. The van der Waals surface area contributed by atoms with Crippen molar-refractivity contribution in [1.82, 2.24) is 10.3 Å². The van der Waals surface area contributed by atoms with E-state index in [1.807, 2.05) is 25.1 Å². The predicted octanol–water partition coefficient (Wildman–Crippen LogP) is 2.93. The van der Waals surface area contributed by atoms with Crippen molar-refractivity contribution in [3.05, 3.63) is 50.4 Å². The van der Waals surface area contributed by atoms with E-state index in [0.29, 0.717) is 28.6 Å². The first-order valence-corrected chi connectivity index (χ1v) is 8.27. The number of nitrogens with zero attached hydrogens (tertiary/aromatic N) is 1. The number of thiazole rings is 1. The summed E-state index contributed by atoms with van der Waals surface area (Å²) in [7, 11) is 0. The summed E-state index contributed by atoms with van der Waals surface area (Å²) in [5.74, 6) is -0.850. The average Bonchev–Trinajstić information content (AvgIpc) is 2.84. The van der Waals surface area contributed by atoms with Crippen LogP contribution in [0.2, 0.25) is 5.02 Å². The fourth-order valence-corrected chi connectivity index (χ4v) is 3.03. The standard InChI is InChI=1S/C16H17ClN2O3S/c1-10-15(23-11(2)19-10)16(21)22-9-14(20)18-7-6-12-4-3-5-13(17)8-12/h3-5,8H,6-7,9H2,1-2H3,(H,18,20). The van der Waals surface area contributed by atoms with Gasteiger partial charge in [-0.25, -0.2) is 9.78 Å². The van der Waals surface area contributed by atoms with E-state index >= 15 is 0 Å². The number of hydrogen-bond acceptors (Lipinski definition) is 5. The normalized spacial score (nSPS) is 10.4. The van der Waals surface area contributed by atoms with Crippen LogP contribution in [0.15, 0.2) is 24.3 Å². The summed E-state index contributed by atoms with van der Waals surface area (Å²) in [6, 6.07) is 7.45. The molecule has 0 radical (unpaired) electrons. The van der Waals surface area contributed by atoms with Crippen molar-refractivity contribution in [1.29, 1.82) is 0 Å². The Balaban J connectivity index is 1.73. The van der Waals surface area contributed by atoms with E-state index < -0.39 is 5.97 Å². The molecule has 0 unspecified atom stereocenters. The molecule has 2 aromatic rings. The smallest absolute Gasteiger partial charge is 0.350 e. The number of hydrogen-bond donors (Lipinski definition) is 1. The maximum absolute atomic E-state index is 11.9. The van der Waals surface area contributed by atoms with Gasteiger partial charge in [-0.3, -0.25) is 4.79 Å². The van der Waals surface area contributed by atoms with E-state index in [-0.39, 0.29) is 12.5 Å². The molecule has 122 valence electrons. The third-order valence-corrected chi connectivity index (χ3v) is 4.34. The number of aromatic nitrogens is 1. The van der Waals surface area contributed by atoms with Crippen molar-refractivity contribution in [2.75, 3.05) is 13.2 Å². The molecule has 2 rings (SSSR count). The molecule has 0 aliphatic carbocycles. The lowest BCUT2D eigenvalue weighted by Gasteiger charge is -2.06. The molecule has 7 heteroatoms. The number of amides is 1. The molecular formula is C16H17ClN2O3S.